The fourth-order valence-electron chi connectivity index (χ4n) is 4.15. The quantitative estimate of drug-likeness (QED) is 0.0976. The topological polar surface area (TPSA) is 68.7 Å². The standard InChI is InChI=1S/C23H27F4IN5/c1-12(2)14(8-15-9-17(25)18(26)10-16(15)24)7-13(3)32-5-6-33-19(11-32)20(21(29)30)31-22(33)23(4,27)28/h9-10,12,14H,3,5-8,11H2,1-2,4H3,(H2-,29,30)/q-1/t14-,23?/m0/s1. The smallest absolute Gasteiger partial charge is 0.215 e. The Labute approximate surface area is 204 Å². The van der Waals surface area contributed by atoms with Gasteiger partial charge in [-0.3, -0.25) is 0 Å². The summed E-state index contributed by atoms with van der Waals surface area (Å²) in [7, 11) is 0. The number of nitrogens with zero attached hydrogens (tertiary/aromatic N) is 3. The number of benzene rings is 1. The SMILES string of the molecule is C=C(C[C@@H](Cc1cc(F)c(F)cc1F)C(C)C)N1CCn2c(C(C)(F)I)nc(C(=N)[NH-])c2C1. The van der Waals surface area contributed by atoms with Crippen molar-refractivity contribution in [3.8, 4) is 0 Å². The number of amidine groups is 1. The highest BCUT2D eigenvalue weighted by Crippen LogP contribution is 2.36. The van der Waals surface area contributed by atoms with Crippen molar-refractivity contribution >= 4 is 28.4 Å². The van der Waals surface area contributed by atoms with Gasteiger partial charge in [0, 0.05) is 24.9 Å². The van der Waals surface area contributed by atoms with Gasteiger partial charge in [-0.15, -0.1) is 0 Å². The second-order valence-electron chi connectivity index (χ2n) is 8.90. The number of alkyl halides is 2. The van der Waals surface area contributed by atoms with Gasteiger partial charge in [-0.05, 0) is 71.7 Å². The molecule has 0 spiro atoms. The highest BCUT2D eigenvalue weighted by Gasteiger charge is 2.34. The molecule has 0 aliphatic carbocycles. The van der Waals surface area contributed by atoms with Crippen molar-refractivity contribution in [2.45, 2.75) is 50.4 Å². The number of hydrogen-bond acceptors (Lipinski definition) is 3. The fourth-order valence-corrected chi connectivity index (χ4v) is 4.56. The Bertz CT molecular complexity index is 1070. The fraction of sp³-hybridized carbons (Fsp3) is 0.478. The predicted octanol–water partition coefficient (Wildman–Crippen LogP) is 6.49. The average molecular weight is 576 g/mol. The molecule has 2 atom stereocenters. The first-order valence-corrected chi connectivity index (χ1v) is 11.7. The van der Waals surface area contributed by atoms with Crippen LogP contribution in [0.3, 0.4) is 0 Å². The Balaban J connectivity index is 1.80. The molecule has 1 unspecified atom stereocenters. The van der Waals surface area contributed by atoms with E-state index in [1.54, 1.807) is 27.2 Å². The molecule has 1 aromatic carbocycles. The van der Waals surface area contributed by atoms with Crippen molar-refractivity contribution < 1.29 is 17.6 Å². The highest BCUT2D eigenvalue weighted by molar-refractivity contribution is 14.1. The minimum absolute atomic E-state index is 0.0725. The molecule has 10 heteroatoms. The van der Waals surface area contributed by atoms with Crippen molar-refractivity contribution in [2.24, 2.45) is 11.8 Å². The molecule has 33 heavy (non-hydrogen) atoms. The van der Waals surface area contributed by atoms with E-state index in [2.05, 4.69) is 11.6 Å². The molecule has 2 aromatic rings. The summed E-state index contributed by atoms with van der Waals surface area (Å²) in [6, 6.07) is 1.48. The van der Waals surface area contributed by atoms with Crippen LogP contribution in [0.25, 0.3) is 5.73 Å². The molecule has 0 fully saturated rings. The summed E-state index contributed by atoms with van der Waals surface area (Å²) in [6.07, 6.45) is 0.727. The van der Waals surface area contributed by atoms with Crippen LogP contribution < -0.4 is 0 Å². The van der Waals surface area contributed by atoms with Crippen LogP contribution >= 0.6 is 22.6 Å². The molecule has 1 aromatic heterocycles. The monoisotopic (exact) mass is 576 g/mol. The number of halogens is 5. The highest BCUT2D eigenvalue weighted by atomic mass is 127. The van der Waals surface area contributed by atoms with E-state index in [-0.39, 0.29) is 35.3 Å². The van der Waals surface area contributed by atoms with Crippen molar-refractivity contribution in [1.82, 2.24) is 14.5 Å². The van der Waals surface area contributed by atoms with Crippen LogP contribution in [0.15, 0.2) is 24.4 Å². The molecule has 0 saturated carbocycles. The zero-order chi connectivity index (χ0) is 24.7. The van der Waals surface area contributed by atoms with Gasteiger partial charge in [0.1, 0.15) is 5.82 Å². The summed E-state index contributed by atoms with van der Waals surface area (Å²) in [6.45, 7) is 10.8. The Morgan fingerprint density at radius 2 is 1.88 bits per heavy atom. The third kappa shape index (κ3) is 5.52. The minimum atomic E-state index is -1.74. The first-order chi connectivity index (χ1) is 15.3. The van der Waals surface area contributed by atoms with E-state index in [4.69, 9.17) is 11.1 Å². The van der Waals surface area contributed by atoms with Crippen molar-refractivity contribution in [2.75, 3.05) is 6.54 Å². The predicted molar refractivity (Wildman–Crippen MR) is 128 cm³/mol. The number of aromatic nitrogens is 2. The van der Waals surface area contributed by atoms with Gasteiger partial charge in [0.05, 0.1) is 17.9 Å². The zero-order valence-corrected chi connectivity index (χ0v) is 20.9. The van der Waals surface area contributed by atoms with E-state index in [0.717, 1.165) is 11.8 Å². The number of hydrogen-bond donors (Lipinski definition) is 1. The van der Waals surface area contributed by atoms with Gasteiger partial charge in [-0.25, -0.2) is 22.5 Å². The van der Waals surface area contributed by atoms with E-state index < -0.39 is 27.0 Å². The Hall–Kier alpha value is -2.11. The molecule has 3 rings (SSSR count). The lowest BCUT2D eigenvalue weighted by atomic mass is 9.85. The first kappa shape index (κ1) is 25.5. The van der Waals surface area contributed by atoms with Crippen molar-refractivity contribution in [3.05, 3.63) is 70.4 Å². The van der Waals surface area contributed by atoms with Crippen LogP contribution in [0.1, 0.15) is 50.0 Å². The maximum atomic E-state index is 14.7. The summed E-state index contributed by atoms with van der Waals surface area (Å²) in [5.41, 5.74) is 9.37. The molecule has 2 N–H and O–H groups in total. The summed E-state index contributed by atoms with van der Waals surface area (Å²) in [4.78, 5) is 6.22. The molecular weight excluding hydrogens is 549 g/mol. The maximum Gasteiger partial charge on any atom is 0.215 e. The first-order valence-electron chi connectivity index (χ1n) is 10.6. The second kappa shape index (κ2) is 9.63. The number of rotatable bonds is 8. The molecular formula is C23H27F4IN5-. The third-order valence-corrected chi connectivity index (χ3v) is 6.58. The van der Waals surface area contributed by atoms with Crippen molar-refractivity contribution in [1.29, 1.82) is 5.41 Å². The number of imidazole rings is 1. The molecule has 1 aliphatic rings. The van der Waals surface area contributed by atoms with Gasteiger partial charge in [0.15, 0.2) is 17.5 Å². The number of allylic oxidation sites excluding steroid dienone is 1. The van der Waals surface area contributed by atoms with Gasteiger partial charge in [-0.2, -0.15) is 0 Å². The maximum absolute atomic E-state index is 14.7. The van der Waals surface area contributed by atoms with E-state index in [1.165, 1.54) is 6.92 Å². The number of fused-ring (bicyclic) bond motifs is 1. The lowest BCUT2D eigenvalue weighted by molar-refractivity contribution is 0.236. The van der Waals surface area contributed by atoms with Crippen LogP contribution in [0.5, 0.6) is 0 Å². The molecule has 0 amide bonds. The van der Waals surface area contributed by atoms with Gasteiger partial charge in [0.2, 0.25) is 3.68 Å². The average Bonchev–Trinajstić information content (AvgIpc) is 3.10. The summed E-state index contributed by atoms with van der Waals surface area (Å²) in [5.74, 6) is -3.30. The van der Waals surface area contributed by atoms with Gasteiger partial charge < -0.3 is 20.6 Å². The van der Waals surface area contributed by atoms with E-state index in [9.17, 15) is 17.6 Å². The molecule has 1 aliphatic heterocycles. The molecule has 0 radical (unpaired) electrons. The minimum Gasteiger partial charge on any atom is -0.481 e. The van der Waals surface area contributed by atoms with Crippen LogP contribution in [0.4, 0.5) is 17.6 Å². The van der Waals surface area contributed by atoms with Gasteiger partial charge in [-0.1, -0.05) is 20.4 Å². The summed E-state index contributed by atoms with van der Waals surface area (Å²) < 4.78 is 55.8. The van der Waals surface area contributed by atoms with Crippen LogP contribution in [0, 0.1) is 34.7 Å². The van der Waals surface area contributed by atoms with E-state index >= 15 is 0 Å². The third-order valence-electron chi connectivity index (χ3n) is 6.10. The largest absolute Gasteiger partial charge is 0.481 e. The van der Waals surface area contributed by atoms with Gasteiger partial charge in [0.25, 0.3) is 0 Å². The zero-order valence-electron chi connectivity index (χ0n) is 18.8. The van der Waals surface area contributed by atoms with E-state index in [1.807, 2.05) is 18.7 Å². The van der Waals surface area contributed by atoms with Crippen LogP contribution in [-0.2, 0) is 23.2 Å². The van der Waals surface area contributed by atoms with E-state index in [0.29, 0.717) is 37.8 Å². The normalized spacial score (nSPS) is 16.5. The van der Waals surface area contributed by atoms with Crippen molar-refractivity contribution in [3.63, 3.8) is 0 Å². The molecule has 5 nitrogen and oxygen atoms in total. The second-order valence-corrected chi connectivity index (χ2v) is 10.9. The molecule has 0 saturated heterocycles. The Morgan fingerprint density at radius 3 is 2.45 bits per heavy atom. The lowest BCUT2D eigenvalue weighted by Gasteiger charge is -2.35. The van der Waals surface area contributed by atoms with Crippen LogP contribution in [-0.4, -0.2) is 26.8 Å². The molecule has 0 bridgehead atoms. The van der Waals surface area contributed by atoms with Gasteiger partial charge >= 0.3 is 0 Å². The summed E-state index contributed by atoms with van der Waals surface area (Å²) >= 11 is 1.65. The molecule has 180 valence electrons. The van der Waals surface area contributed by atoms with Crippen LogP contribution in [0.2, 0.25) is 0 Å². The Morgan fingerprint density at radius 1 is 1.24 bits per heavy atom. The lowest BCUT2D eigenvalue weighted by Crippen LogP contribution is -2.35. The Kier molecular flexibility index (Phi) is 7.45. The number of nitrogens with one attached hydrogen (secondary N) is 2. The molecule has 2 heterocycles. The summed E-state index contributed by atoms with van der Waals surface area (Å²) in [5, 5.41) is 7.75.